The maximum atomic E-state index is 12.7. The third-order valence-electron chi connectivity index (χ3n) is 4.51. The van der Waals surface area contributed by atoms with Gasteiger partial charge in [-0.3, -0.25) is 9.36 Å². The summed E-state index contributed by atoms with van der Waals surface area (Å²) >= 11 is 3.42. The predicted octanol–water partition coefficient (Wildman–Crippen LogP) is 4.90. The molecule has 0 radical (unpaired) electrons. The first kappa shape index (κ1) is 20.1. The van der Waals surface area contributed by atoms with Crippen molar-refractivity contribution >= 4 is 32.9 Å². The van der Waals surface area contributed by atoms with Gasteiger partial charge in [0.1, 0.15) is 17.9 Å². The number of carbonyl (C=O) groups excluding carboxylic acids is 1. The minimum absolute atomic E-state index is 0.0261. The highest BCUT2D eigenvalue weighted by molar-refractivity contribution is 9.10. The third-order valence-corrected chi connectivity index (χ3v) is 5.01. The summed E-state index contributed by atoms with van der Waals surface area (Å²) in [6.45, 7) is 4.23. The largest absolute Gasteiger partial charge is 0.490 e. The van der Waals surface area contributed by atoms with Gasteiger partial charge in [-0.1, -0.05) is 34.1 Å². The van der Waals surface area contributed by atoms with E-state index >= 15 is 0 Å². The fraction of sp³-hybridized carbons (Fsp3) is 0.174. The lowest BCUT2D eigenvalue weighted by atomic mass is 10.1. The maximum Gasteiger partial charge on any atom is 0.255 e. The third kappa shape index (κ3) is 4.36. The zero-order chi connectivity index (χ0) is 21.1. The van der Waals surface area contributed by atoms with Crippen LogP contribution < -0.4 is 10.1 Å². The molecule has 30 heavy (non-hydrogen) atoms. The van der Waals surface area contributed by atoms with Crippen LogP contribution in [0, 0.1) is 0 Å². The summed E-state index contributed by atoms with van der Waals surface area (Å²) in [6, 6.07) is 17.2. The minimum atomic E-state index is -0.192. The summed E-state index contributed by atoms with van der Waals surface area (Å²) in [5.74, 6) is 1.14. The van der Waals surface area contributed by atoms with Crippen LogP contribution in [0.5, 0.6) is 5.75 Å². The van der Waals surface area contributed by atoms with Gasteiger partial charge in [0.15, 0.2) is 0 Å². The zero-order valence-corrected chi connectivity index (χ0v) is 18.3. The van der Waals surface area contributed by atoms with Crippen molar-refractivity contribution in [3.8, 4) is 11.6 Å². The van der Waals surface area contributed by atoms with Gasteiger partial charge in [-0.15, -0.1) is 0 Å². The predicted molar refractivity (Wildman–Crippen MR) is 120 cm³/mol. The van der Waals surface area contributed by atoms with Crippen LogP contribution in [0.2, 0.25) is 0 Å². The van der Waals surface area contributed by atoms with Crippen LogP contribution in [0.15, 0.2) is 71.6 Å². The molecule has 7 heteroatoms. The maximum absolute atomic E-state index is 12.7. The highest BCUT2D eigenvalue weighted by Gasteiger charge is 2.14. The number of carbonyl (C=O) groups is 1. The Morgan fingerprint density at radius 1 is 1.13 bits per heavy atom. The number of aromatic nitrogens is 3. The van der Waals surface area contributed by atoms with Crippen LogP contribution in [0.4, 0.5) is 0 Å². The fourth-order valence-corrected chi connectivity index (χ4v) is 3.46. The quantitative estimate of drug-likeness (QED) is 0.440. The van der Waals surface area contributed by atoms with Gasteiger partial charge >= 0.3 is 0 Å². The van der Waals surface area contributed by atoms with Crippen LogP contribution in [-0.2, 0) is 6.54 Å². The normalized spacial score (nSPS) is 11.1. The van der Waals surface area contributed by atoms with Crippen molar-refractivity contribution in [2.45, 2.75) is 26.5 Å². The van der Waals surface area contributed by atoms with Gasteiger partial charge in [-0.2, -0.15) is 0 Å². The fourth-order valence-electron chi connectivity index (χ4n) is 3.12. The average molecular weight is 465 g/mol. The molecule has 4 aromatic rings. The Morgan fingerprint density at radius 3 is 2.73 bits per heavy atom. The summed E-state index contributed by atoms with van der Waals surface area (Å²) in [5.41, 5.74) is 3.32. The molecule has 0 aliphatic heterocycles. The standard InChI is InChI=1S/C23H21BrN4O2/c1-15(2)30-21-11-17(24)8-9-18(21)23(29)26-13-16-7-10-22(25-12-16)28-14-27-19-5-3-4-6-20(19)28/h3-12,14-15H,13H2,1-2H3,(H,26,29). The van der Waals surface area contributed by atoms with E-state index in [4.69, 9.17) is 4.74 Å². The van der Waals surface area contributed by atoms with E-state index in [2.05, 4.69) is 31.2 Å². The number of ether oxygens (including phenoxy) is 1. The monoisotopic (exact) mass is 464 g/mol. The molecule has 0 spiro atoms. The first-order valence-electron chi connectivity index (χ1n) is 9.63. The molecule has 6 nitrogen and oxygen atoms in total. The molecule has 0 unspecified atom stereocenters. The van der Waals surface area contributed by atoms with Gasteiger partial charge in [0.25, 0.3) is 5.91 Å². The van der Waals surface area contributed by atoms with Crippen molar-refractivity contribution in [2.24, 2.45) is 0 Å². The molecule has 0 aliphatic carbocycles. The Morgan fingerprint density at radius 2 is 1.97 bits per heavy atom. The average Bonchev–Trinajstić information content (AvgIpc) is 3.16. The van der Waals surface area contributed by atoms with Crippen molar-refractivity contribution in [3.05, 3.63) is 82.7 Å². The SMILES string of the molecule is CC(C)Oc1cc(Br)ccc1C(=O)NCc1ccc(-n2cnc3ccccc32)nc1. The summed E-state index contributed by atoms with van der Waals surface area (Å²) in [4.78, 5) is 21.6. The summed E-state index contributed by atoms with van der Waals surface area (Å²) in [5, 5.41) is 2.94. The Labute approximate surface area is 183 Å². The molecule has 0 bridgehead atoms. The summed E-state index contributed by atoms with van der Waals surface area (Å²) in [6.07, 6.45) is 3.50. The molecule has 2 aromatic carbocycles. The van der Waals surface area contributed by atoms with E-state index in [9.17, 15) is 4.79 Å². The number of rotatable bonds is 6. The van der Waals surface area contributed by atoms with Crippen molar-refractivity contribution in [3.63, 3.8) is 0 Å². The van der Waals surface area contributed by atoms with E-state index in [1.165, 1.54) is 0 Å². The van der Waals surface area contributed by atoms with E-state index in [-0.39, 0.29) is 12.0 Å². The number of benzene rings is 2. The molecule has 2 aromatic heterocycles. The molecule has 0 aliphatic rings. The smallest absolute Gasteiger partial charge is 0.255 e. The first-order valence-corrected chi connectivity index (χ1v) is 10.4. The van der Waals surface area contributed by atoms with E-state index < -0.39 is 0 Å². The second-order valence-electron chi connectivity index (χ2n) is 7.12. The van der Waals surface area contributed by atoms with E-state index in [0.29, 0.717) is 17.9 Å². The number of fused-ring (bicyclic) bond motifs is 1. The second-order valence-corrected chi connectivity index (χ2v) is 8.03. The van der Waals surface area contributed by atoms with Gasteiger partial charge in [0.05, 0.1) is 22.7 Å². The van der Waals surface area contributed by atoms with E-state index in [0.717, 1.165) is 26.9 Å². The molecule has 152 valence electrons. The Hall–Kier alpha value is -3.19. The van der Waals surface area contributed by atoms with E-state index in [1.54, 1.807) is 24.7 Å². The number of pyridine rings is 1. The Bertz CT molecular complexity index is 1190. The molecule has 0 saturated carbocycles. The molecule has 0 atom stereocenters. The lowest BCUT2D eigenvalue weighted by molar-refractivity contribution is 0.0945. The number of hydrogen-bond acceptors (Lipinski definition) is 4. The van der Waals surface area contributed by atoms with Gasteiger partial charge < -0.3 is 10.1 Å². The lowest BCUT2D eigenvalue weighted by Gasteiger charge is -2.14. The number of hydrogen-bond donors (Lipinski definition) is 1. The molecule has 1 amide bonds. The van der Waals surface area contributed by atoms with Crippen LogP contribution in [0.25, 0.3) is 16.9 Å². The molecule has 0 fully saturated rings. The van der Waals surface area contributed by atoms with Gasteiger partial charge in [0.2, 0.25) is 0 Å². The first-order chi connectivity index (χ1) is 14.5. The van der Waals surface area contributed by atoms with Gasteiger partial charge in [-0.05, 0) is 55.8 Å². The van der Waals surface area contributed by atoms with Crippen molar-refractivity contribution in [2.75, 3.05) is 0 Å². The summed E-state index contributed by atoms with van der Waals surface area (Å²) in [7, 11) is 0. The number of halogens is 1. The number of nitrogens with one attached hydrogen (secondary N) is 1. The van der Waals surface area contributed by atoms with Crippen LogP contribution in [-0.4, -0.2) is 26.5 Å². The van der Waals surface area contributed by atoms with Gasteiger partial charge in [0, 0.05) is 17.2 Å². The molecular formula is C23H21BrN4O2. The van der Waals surface area contributed by atoms with Crippen LogP contribution >= 0.6 is 15.9 Å². The highest BCUT2D eigenvalue weighted by atomic mass is 79.9. The molecule has 4 rings (SSSR count). The molecular weight excluding hydrogens is 444 g/mol. The molecule has 2 heterocycles. The Kier molecular flexibility index (Phi) is 5.81. The van der Waals surface area contributed by atoms with Crippen molar-refractivity contribution in [1.29, 1.82) is 0 Å². The van der Waals surface area contributed by atoms with Crippen molar-refractivity contribution in [1.82, 2.24) is 19.9 Å². The number of imidazole rings is 1. The lowest BCUT2D eigenvalue weighted by Crippen LogP contribution is -2.24. The van der Waals surface area contributed by atoms with Crippen LogP contribution in [0.3, 0.4) is 0 Å². The zero-order valence-electron chi connectivity index (χ0n) is 16.7. The summed E-state index contributed by atoms with van der Waals surface area (Å²) < 4.78 is 8.58. The number of amides is 1. The van der Waals surface area contributed by atoms with Crippen LogP contribution in [0.1, 0.15) is 29.8 Å². The number of para-hydroxylation sites is 2. The highest BCUT2D eigenvalue weighted by Crippen LogP contribution is 2.25. The minimum Gasteiger partial charge on any atom is -0.490 e. The second kappa shape index (κ2) is 8.67. The Balaban J connectivity index is 1.46. The van der Waals surface area contributed by atoms with E-state index in [1.807, 2.05) is 60.9 Å². The van der Waals surface area contributed by atoms with Crippen molar-refractivity contribution < 1.29 is 9.53 Å². The molecule has 0 saturated heterocycles. The number of nitrogens with zero attached hydrogens (tertiary/aromatic N) is 3. The molecule has 1 N–H and O–H groups in total. The van der Waals surface area contributed by atoms with Gasteiger partial charge in [-0.25, -0.2) is 9.97 Å². The topological polar surface area (TPSA) is 69.0 Å².